The minimum atomic E-state index is -0.230. The molecule has 1 rings (SSSR count). The first kappa shape index (κ1) is 13.0. The van der Waals surface area contributed by atoms with Crippen LogP contribution in [0.4, 0.5) is 0 Å². The summed E-state index contributed by atoms with van der Waals surface area (Å²) in [4.78, 5) is 15.8. The van der Waals surface area contributed by atoms with Crippen molar-refractivity contribution in [1.82, 2.24) is 9.55 Å². The van der Waals surface area contributed by atoms with Gasteiger partial charge in [-0.15, -0.1) is 0 Å². The number of halogens is 1. The zero-order valence-corrected chi connectivity index (χ0v) is 10.8. The molecule has 1 aromatic heterocycles. The second kappa shape index (κ2) is 4.87. The van der Waals surface area contributed by atoms with Crippen LogP contribution in [-0.4, -0.2) is 16.7 Å². The van der Waals surface area contributed by atoms with Gasteiger partial charge >= 0.3 is 0 Å². The molecule has 0 aromatic carbocycles. The molecule has 1 aromatic rings. The van der Waals surface area contributed by atoms with Crippen LogP contribution in [0.5, 0.6) is 5.75 Å². The molecule has 0 radical (unpaired) electrons. The Hall–Kier alpha value is -1.03. The molecule has 0 spiro atoms. The molecule has 0 aliphatic heterocycles. The molecule has 1 heterocycles. The third-order valence-corrected chi connectivity index (χ3v) is 2.53. The fourth-order valence-corrected chi connectivity index (χ4v) is 1.44. The van der Waals surface area contributed by atoms with E-state index in [1.54, 1.807) is 0 Å². The lowest BCUT2D eigenvalue weighted by atomic mass is 9.92. The van der Waals surface area contributed by atoms with Crippen molar-refractivity contribution in [2.45, 2.75) is 33.7 Å². The van der Waals surface area contributed by atoms with Gasteiger partial charge in [0, 0.05) is 6.54 Å². The Balaban J connectivity index is 2.95. The second-order valence-corrected chi connectivity index (χ2v) is 5.24. The van der Waals surface area contributed by atoms with Gasteiger partial charge in [0.05, 0.1) is 13.4 Å². The molecular weight excluding hydrogens is 228 g/mol. The SMILES string of the molecule is COc1c(Cl)ncn(CCC(C)(C)C)c1=O. The van der Waals surface area contributed by atoms with Crippen LogP contribution in [0.25, 0.3) is 0 Å². The van der Waals surface area contributed by atoms with Crippen molar-refractivity contribution in [2.24, 2.45) is 5.41 Å². The molecule has 0 aliphatic carbocycles. The summed E-state index contributed by atoms with van der Waals surface area (Å²) < 4.78 is 6.44. The molecule has 0 unspecified atom stereocenters. The Morgan fingerprint density at radius 1 is 1.50 bits per heavy atom. The van der Waals surface area contributed by atoms with E-state index >= 15 is 0 Å². The van der Waals surface area contributed by atoms with E-state index in [0.717, 1.165) is 6.42 Å². The van der Waals surface area contributed by atoms with E-state index in [2.05, 4.69) is 25.8 Å². The van der Waals surface area contributed by atoms with Crippen LogP contribution in [0.1, 0.15) is 27.2 Å². The molecule has 0 aliphatic rings. The number of ether oxygens (including phenoxy) is 1. The number of nitrogens with zero attached hydrogens (tertiary/aromatic N) is 2. The molecule has 0 N–H and O–H groups in total. The fourth-order valence-electron chi connectivity index (χ4n) is 1.24. The van der Waals surface area contributed by atoms with Crippen molar-refractivity contribution in [1.29, 1.82) is 0 Å². The molecule has 90 valence electrons. The molecule has 16 heavy (non-hydrogen) atoms. The zero-order valence-electron chi connectivity index (χ0n) is 10.1. The van der Waals surface area contributed by atoms with Gasteiger partial charge in [-0.25, -0.2) is 4.98 Å². The summed E-state index contributed by atoms with van der Waals surface area (Å²) in [5, 5.41) is 0.111. The Bertz CT molecular complexity index is 421. The van der Waals surface area contributed by atoms with Crippen molar-refractivity contribution < 1.29 is 4.74 Å². The molecule has 5 heteroatoms. The topological polar surface area (TPSA) is 44.1 Å². The van der Waals surface area contributed by atoms with Crippen LogP contribution < -0.4 is 10.3 Å². The van der Waals surface area contributed by atoms with Crippen molar-refractivity contribution in [2.75, 3.05) is 7.11 Å². The van der Waals surface area contributed by atoms with Crippen LogP contribution in [0.3, 0.4) is 0 Å². The number of aryl methyl sites for hydroxylation is 1. The first-order chi connectivity index (χ1) is 7.35. The molecule has 0 amide bonds. The van der Waals surface area contributed by atoms with E-state index in [0.29, 0.717) is 6.54 Å². The van der Waals surface area contributed by atoms with Crippen molar-refractivity contribution in [3.63, 3.8) is 0 Å². The average Bonchev–Trinajstić information content (AvgIpc) is 2.16. The third kappa shape index (κ3) is 3.23. The fraction of sp³-hybridized carbons (Fsp3) is 0.636. The number of aromatic nitrogens is 2. The Labute approximate surface area is 100 Å². The molecule has 0 saturated carbocycles. The lowest BCUT2D eigenvalue weighted by Gasteiger charge is -2.18. The summed E-state index contributed by atoms with van der Waals surface area (Å²) >= 11 is 5.74. The van der Waals surface area contributed by atoms with Crippen molar-refractivity contribution in [3.05, 3.63) is 21.8 Å². The van der Waals surface area contributed by atoms with Gasteiger partial charge in [-0.2, -0.15) is 0 Å². The monoisotopic (exact) mass is 244 g/mol. The highest BCUT2D eigenvalue weighted by molar-refractivity contribution is 6.30. The number of methoxy groups -OCH3 is 1. The van der Waals surface area contributed by atoms with Crippen LogP contribution in [0.15, 0.2) is 11.1 Å². The number of rotatable bonds is 3. The number of hydrogen-bond acceptors (Lipinski definition) is 3. The first-order valence-corrected chi connectivity index (χ1v) is 5.52. The highest BCUT2D eigenvalue weighted by atomic mass is 35.5. The molecule has 0 bridgehead atoms. The smallest absolute Gasteiger partial charge is 0.297 e. The van der Waals surface area contributed by atoms with E-state index in [1.807, 2.05) is 0 Å². The predicted molar refractivity (Wildman–Crippen MR) is 64.1 cm³/mol. The minimum Gasteiger partial charge on any atom is -0.489 e. The van der Waals surface area contributed by atoms with Crippen molar-refractivity contribution >= 4 is 11.6 Å². The predicted octanol–water partition coefficient (Wildman–Crippen LogP) is 2.34. The summed E-state index contributed by atoms with van der Waals surface area (Å²) in [5.41, 5.74) is -0.0569. The summed E-state index contributed by atoms with van der Waals surface area (Å²) in [6.07, 6.45) is 2.35. The van der Waals surface area contributed by atoms with E-state index in [9.17, 15) is 4.79 Å². The minimum absolute atomic E-state index is 0.109. The Morgan fingerprint density at radius 2 is 2.12 bits per heavy atom. The molecule has 4 nitrogen and oxygen atoms in total. The van der Waals surface area contributed by atoms with Crippen LogP contribution in [0, 0.1) is 5.41 Å². The first-order valence-electron chi connectivity index (χ1n) is 5.14. The largest absolute Gasteiger partial charge is 0.489 e. The van der Waals surface area contributed by atoms with E-state index < -0.39 is 0 Å². The highest BCUT2D eigenvalue weighted by Crippen LogP contribution is 2.20. The van der Waals surface area contributed by atoms with Crippen molar-refractivity contribution in [3.8, 4) is 5.75 Å². The van der Waals surface area contributed by atoms with Crippen LogP contribution >= 0.6 is 11.6 Å². The molecular formula is C11H17ClN2O2. The van der Waals surface area contributed by atoms with Gasteiger partial charge in [0.1, 0.15) is 0 Å². The molecule has 0 atom stereocenters. The Kier molecular flexibility index (Phi) is 3.97. The lowest BCUT2D eigenvalue weighted by molar-refractivity contribution is 0.341. The molecule has 0 fully saturated rings. The summed E-state index contributed by atoms with van der Waals surface area (Å²) in [5.74, 6) is 0.109. The third-order valence-electron chi connectivity index (χ3n) is 2.26. The van der Waals surface area contributed by atoms with Gasteiger partial charge in [0.2, 0.25) is 5.75 Å². The quantitative estimate of drug-likeness (QED) is 0.767. The van der Waals surface area contributed by atoms with Crippen LogP contribution in [0.2, 0.25) is 5.15 Å². The molecule has 0 saturated heterocycles. The normalized spacial score (nSPS) is 11.6. The van der Waals surface area contributed by atoms with E-state index in [-0.39, 0.29) is 21.9 Å². The van der Waals surface area contributed by atoms with Gasteiger partial charge in [-0.3, -0.25) is 9.36 Å². The van der Waals surface area contributed by atoms with Gasteiger partial charge in [-0.05, 0) is 11.8 Å². The highest BCUT2D eigenvalue weighted by Gasteiger charge is 2.13. The average molecular weight is 245 g/mol. The van der Waals surface area contributed by atoms with Gasteiger partial charge in [0.15, 0.2) is 5.15 Å². The maximum absolute atomic E-state index is 11.9. The summed E-state index contributed by atoms with van der Waals surface area (Å²) in [7, 11) is 1.42. The second-order valence-electron chi connectivity index (χ2n) is 4.88. The summed E-state index contributed by atoms with van der Waals surface area (Å²) in [6, 6.07) is 0. The standard InChI is InChI=1S/C11H17ClN2O2/c1-11(2,3)5-6-14-7-13-9(12)8(16-4)10(14)15/h7H,5-6H2,1-4H3. The zero-order chi connectivity index (χ0) is 12.3. The van der Waals surface area contributed by atoms with E-state index in [4.69, 9.17) is 16.3 Å². The maximum atomic E-state index is 11.9. The maximum Gasteiger partial charge on any atom is 0.297 e. The lowest BCUT2D eigenvalue weighted by Crippen LogP contribution is -2.24. The number of hydrogen-bond donors (Lipinski definition) is 0. The van der Waals surface area contributed by atoms with E-state index in [1.165, 1.54) is 18.0 Å². The van der Waals surface area contributed by atoms with Gasteiger partial charge < -0.3 is 4.74 Å². The summed E-state index contributed by atoms with van der Waals surface area (Å²) in [6.45, 7) is 6.98. The van der Waals surface area contributed by atoms with Gasteiger partial charge in [-0.1, -0.05) is 32.4 Å². The van der Waals surface area contributed by atoms with Gasteiger partial charge in [0.25, 0.3) is 5.56 Å². The Morgan fingerprint density at radius 3 is 2.62 bits per heavy atom. The van der Waals surface area contributed by atoms with Crippen LogP contribution in [-0.2, 0) is 6.54 Å².